The Hall–Kier alpha value is -2.89. The molecule has 0 spiro atoms. The smallest absolute Gasteiger partial charge is 0.324 e. The summed E-state index contributed by atoms with van der Waals surface area (Å²) >= 11 is 0. The van der Waals surface area contributed by atoms with E-state index in [1.165, 1.54) is 12.3 Å². The van der Waals surface area contributed by atoms with Crippen LogP contribution >= 0.6 is 0 Å². The van der Waals surface area contributed by atoms with Crippen molar-refractivity contribution >= 4 is 28.4 Å². The van der Waals surface area contributed by atoms with Gasteiger partial charge in [-0.1, -0.05) is 18.2 Å². The number of rotatable bonds is 5. The number of carbonyl (C=O) groups is 2. The predicted octanol–water partition coefficient (Wildman–Crippen LogP) is 3.44. The molecule has 0 saturated carbocycles. The highest BCUT2D eigenvalue weighted by molar-refractivity contribution is 6.08. The summed E-state index contributed by atoms with van der Waals surface area (Å²) in [5.41, 5.74) is 1.73. The van der Waals surface area contributed by atoms with Crippen LogP contribution in [0.4, 0.5) is 4.39 Å². The number of carbonyl (C=O) groups excluding carboxylic acids is 2. The van der Waals surface area contributed by atoms with Gasteiger partial charge in [0.25, 0.3) is 0 Å². The highest BCUT2D eigenvalue weighted by atomic mass is 19.1. The van der Waals surface area contributed by atoms with Crippen LogP contribution in [0.5, 0.6) is 0 Å². The highest BCUT2D eigenvalue weighted by Gasteiger charge is 2.35. The first-order valence-corrected chi connectivity index (χ1v) is 8.10. The molecule has 25 heavy (non-hydrogen) atoms. The SMILES string of the molecule is CCOC(=O)C(C(=O)OCC)c1c2ccccc2n2cc(F)ccc12. The first-order chi connectivity index (χ1) is 12.1. The van der Waals surface area contributed by atoms with Crippen LogP contribution in [0.25, 0.3) is 16.4 Å². The van der Waals surface area contributed by atoms with Crippen LogP contribution in [0.1, 0.15) is 25.3 Å². The van der Waals surface area contributed by atoms with E-state index < -0.39 is 23.7 Å². The lowest BCUT2D eigenvalue weighted by atomic mass is 9.96. The predicted molar refractivity (Wildman–Crippen MR) is 90.9 cm³/mol. The van der Waals surface area contributed by atoms with Crippen LogP contribution in [-0.2, 0) is 19.1 Å². The molecule has 0 atom stereocenters. The van der Waals surface area contributed by atoms with Gasteiger partial charge >= 0.3 is 11.9 Å². The van der Waals surface area contributed by atoms with E-state index in [-0.39, 0.29) is 13.2 Å². The van der Waals surface area contributed by atoms with E-state index in [9.17, 15) is 14.0 Å². The van der Waals surface area contributed by atoms with Crippen molar-refractivity contribution in [2.75, 3.05) is 13.2 Å². The molecular weight excluding hydrogens is 325 g/mol. The van der Waals surface area contributed by atoms with E-state index in [1.807, 2.05) is 6.07 Å². The molecule has 3 aromatic rings. The number of fused-ring (bicyclic) bond motifs is 3. The number of halogens is 1. The largest absolute Gasteiger partial charge is 0.465 e. The number of pyridine rings is 1. The van der Waals surface area contributed by atoms with Crippen molar-refractivity contribution in [3.8, 4) is 0 Å². The Bertz CT molecular complexity index is 929. The van der Waals surface area contributed by atoms with Gasteiger partial charge in [0.05, 0.1) is 24.2 Å². The fraction of sp³-hybridized carbons (Fsp3) is 0.263. The summed E-state index contributed by atoms with van der Waals surface area (Å²) in [7, 11) is 0. The molecule has 0 N–H and O–H groups in total. The third kappa shape index (κ3) is 2.95. The zero-order valence-corrected chi connectivity index (χ0v) is 14.0. The number of aromatic nitrogens is 1. The Labute approximate surface area is 144 Å². The van der Waals surface area contributed by atoms with Crippen molar-refractivity contribution in [1.82, 2.24) is 4.40 Å². The second-order valence-electron chi connectivity index (χ2n) is 5.47. The van der Waals surface area contributed by atoms with Gasteiger partial charge in [-0.25, -0.2) is 4.39 Å². The molecule has 0 fully saturated rings. The Morgan fingerprint density at radius 2 is 1.64 bits per heavy atom. The minimum absolute atomic E-state index is 0.146. The van der Waals surface area contributed by atoms with Gasteiger partial charge in [0, 0.05) is 17.1 Å². The summed E-state index contributed by atoms with van der Waals surface area (Å²) in [6.07, 6.45) is 1.33. The van der Waals surface area contributed by atoms with E-state index in [0.717, 1.165) is 0 Å². The zero-order chi connectivity index (χ0) is 18.0. The van der Waals surface area contributed by atoms with E-state index >= 15 is 0 Å². The Morgan fingerprint density at radius 3 is 2.28 bits per heavy atom. The van der Waals surface area contributed by atoms with E-state index in [0.29, 0.717) is 22.0 Å². The molecule has 0 amide bonds. The molecule has 0 aliphatic rings. The summed E-state index contributed by atoms with van der Waals surface area (Å²) in [5.74, 6) is -2.99. The monoisotopic (exact) mass is 343 g/mol. The Balaban J connectivity index is 2.32. The minimum atomic E-state index is -1.22. The maximum atomic E-state index is 13.7. The summed E-state index contributed by atoms with van der Waals surface area (Å²) < 4.78 is 25.5. The summed E-state index contributed by atoms with van der Waals surface area (Å²) in [6.45, 7) is 3.64. The van der Waals surface area contributed by atoms with Gasteiger partial charge in [0.1, 0.15) is 5.82 Å². The van der Waals surface area contributed by atoms with Crippen LogP contribution < -0.4 is 0 Å². The molecule has 0 saturated heterocycles. The highest BCUT2D eigenvalue weighted by Crippen LogP contribution is 2.34. The molecule has 5 nitrogen and oxygen atoms in total. The van der Waals surface area contributed by atoms with E-state index in [2.05, 4.69) is 0 Å². The number of para-hydroxylation sites is 1. The maximum absolute atomic E-state index is 13.7. The molecular formula is C19H18FNO4. The molecule has 1 aromatic carbocycles. The fourth-order valence-electron chi connectivity index (χ4n) is 3.03. The van der Waals surface area contributed by atoms with Crippen molar-refractivity contribution in [3.63, 3.8) is 0 Å². The number of benzene rings is 1. The average molecular weight is 343 g/mol. The van der Waals surface area contributed by atoms with Gasteiger partial charge in [-0.05, 0) is 32.0 Å². The first kappa shape index (κ1) is 17.0. The standard InChI is InChI=1S/C19H18FNO4/c1-3-24-18(22)17(19(23)25-4-2)16-13-7-5-6-8-14(13)21-11-12(20)9-10-15(16)21/h5-11,17H,3-4H2,1-2H3. The molecule has 2 heterocycles. The van der Waals surface area contributed by atoms with Crippen molar-refractivity contribution < 1.29 is 23.5 Å². The number of esters is 2. The van der Waals surface area contributed by atoms with E-state index in [4.69, 9.17) is 9.47 Å². The van der Waals surface area contributed by atoms with Crippen molar-refractivity contribution in [2.45, 2.75) is 19.8 Å². The van der Waals surface area contributed by atoms with Crippen molar-refractivity contribution in [2.24, 2.45) is 0 Å². The maximum Gasteiger partial charge on any atom is 0.324 e. The second kappa shape index (κ2) is 6.93. The molecule has 0 aliphatic heterocycles. The van der Waals surface area contributed by atoms with Gasteiger partial charge in [-0.2, -0.15) is 0 Å². The second-order valence-corrected chi connectivity index (χ2v) is 5.47. The lowest BCUT2D eigenvalue weighted by Gasteiger charge is -2.14. The minimum Gasteiger partial charge on any atom is -0.465 e. The molecule has 130 valence electrons. The average Bonchev–Trinajstić information content (AvgIpc) is 2.90. The molecule has 0 radical (unpaired) electrons. The fourth-order valence-corrected chi connectivity index (χ4v) is 3.03. The molecule has 6 heteroatoms. The molecule has 2 aromatic heterocycles. The summed E-state index contributed by atoms with van der Waals surface area (Å²) in [5, 5.41) is 0.680. The number of ether oxygens (including phenoxy) is 2. The van der Waals surface area contributed by atoms with Crippen LogP contribution in [-0.4, -0.2) is 29.6 Å². The topological polar surface area (TPSA) is 57.0 Å². The normalized spacial score (nSPS) is 11.2. The summed E-state index contributed by atoms with van der Waals surface area (Å²) in [6, 6.07) is 10.1. The van der Waals surface area contributed by atoms with Gasteiger partial charge in [-0.3, -0.25) is 9.59 Å². The number of hydrogen-bond donors (Lipinski definition) is 0. The molecule has 3 rings (SSSR count). The Morgan fingerprint density at radius 1 is 1.00 bits per heavy atom. The van der Waals surface area contributed by atoms with Crippen LogP contribution in [0, 0.1) is 5.82 Å². The molecule has 0 aliphatic carbocycles. The molecule has 0 unspecified atom stereocenters. The summed E-state index contributed by atoms with van der Waals surface area (Å²) in [4.78, 5) is 25.0. The van der Waals surface area contributed by atoms with Crippen molar-refractivity contribution in [1.29, 1.82) is 0 Å². The lowest BCUT2D eigenvalue weighted by Crippen LogP contribution is -2.26. The van der Waals surface area contributed by atoms with Crippen molar-refractivity contribution in [3.05, 3.63) is 54.0 Å². The Kier molecular flexibility index (Phi) is 4.70. The van der Waals surface area contributed by atoms with Crippen LogP contribution in [0.2, 0.25) is 0 Å². The molecule has 0 bridgehead atoms. The quantitative estimate of drug-likeness (QED) is 0.526. The van der Waals surface area contributed by atoms with Gasteiger partial charge < -0.3 is 13.9 Å². The zero-order valence-electron chi connectivity index (χ0n) is 14.0. The third-order valence-corrected chi connectivity index (χ3v) is 3.98. The van der Waals surface area contributed by atoms with Gasteiger partial charge in [0.15, 0.2) is 5.92 Å². The third-order valence-electron chi connectivity index (χ3n) is 3.98. The van der Waals surface area contributed by atoms with E-state index in [1.54, 1.807) is 42.5 Å². The van der Waals surface area contributed by atoms with Gasteiger partial charge in [-0.15, -0.1) is 0 Å². The number of nitrogens with zero attached hydrogens (tertiary/aromatic N) is 1. The number of hydrogen-bond acceptors (Lipinski definition) is 4. The van der Waals surface area contributed by atoms with Gasteiger partial charge in [0.2, 0.25) is 0 Å². The van der Waals surface area contributed by atoms with Crippen LogP contribution in [0.15, 0.2) is 42.6 Å². The first-order valence-electron chi connectivity index (χ1n) is 8.10. The van der Waals surface area contributed by atoms with Crippen LogP contribution in [0.3, 0.4) is 0 Å². The lowest BCUT2D eigenvalue weighted by molar-refractivity contribution is -0.156.